The lowest BCUT2D eigenvalue weighted by Crippen LogP contribution is -2.10. The van der Waals surface area contributed by atoms with Gasteiger partial charge in [0.1, 0.15) is 0 Å². The molecule has 3 rings (SSSR count). The normalized spacial score (nSPS) is 10.8. The first kappa shape index (κ1) is 14.1. The minimum absolute atomic E-state index is 0.112. The summed E-state index contributed by atoms with van der Waals surface area (Å²) < 4.78 is 1.93. The van der Waals surface area contributed by atoms with Crippen LogP contribution in [-0.4, -0.2) is 5.91 Å². The van der Waals surface area contributed by atoms with Gasteiger partial charge in [-0.25, -0.2) is 0 Å². The molecule has 0 radical (unpaired) electrons. The van der Waals surface area contributed by atoms with Gasteiger partial charge in [-0.3, -0.25) is 4.79 Å². The third kappa shape index (κ3) is 2.94. The summed E-state index contributed by atoms with van der Waals surface area (Å²) in [6.07, 6.45) is 0. The Morgan fingerprint density at radius 1 is 1.19 bits per heavy atom. The Balaban J connectivity index is 1.89. The highest BCUT2D eigenvalue weighted by Crippen LogP contribution is 2.29. The minimum atomic E-state index is -0.112. The number of hydrogen-bond donors (Lipinski definition) is 2. The third-order valence-electron chi connectivity index (χ3n) is 3.14. The molecule has 0 unspecified atom stereocenters. The first-order valence-electron chi connectivity index (χ1n) is 6.39. The van der Waals surface area contributed by atoms with Crippen LogP contribution in [0.2, 0.25) is 0 Å². The molecule has 2 aromatic carbocycles. The molecule has 0 aliphatic rings. The van der Waals surface area contributed by atoms with Crippen LogP contribution >= 0.6 is 27.3 Å². The van der Waals surface area contributed by atoms with Crippen LogP contribution in [0.5, 0.6) is 0 Å². The zero-order chi connectivity index (χ0) is 15.0. The van der Waals surface area contributed by atoms with E-state index in [-0.39, 0.29) is 5.91 Å². The number of carbonyl (C=O) groups excluding carboxylic acids is 1. The number of nitrogen functional groups attached to an aromatic ring is 1. The largest absolute Gasteiger partial charge is 0.399 e. The number of anilines is 2. The van der Waals surface area contributed by atoms with Gasteiger partial charge in [-0.2, -0.15) is 0 Å². The number of thiophene rings is 1. The number of amides is 1. The summed E-state index contributed by atoms with van der Waals surface area (Å²) in [6.45, 7) is 2.01. The monoisotopic (exact) mass is 360 g/mol. The Morgan fingerprint density at radius 3 is 2.76 bits per heavy atom. The Hall–Kier alpha value is -1.85. The molecule has 21 heavy (non-hydrogen) atoms. The SMILES string of the molecule is Cc1ccc(NC(=O)c2cc3cc(N)ccc3s2)c(Br)c1. The zero-order valence-corrected chi connectivity index (χ0v) is 13.7. The number of halogens is 1. The van der Waals surface area contributed by atoms with Gasteiger partial charge in [0.15, 0.2) is 0 Å². The summed E-state index contributed by atoms with van der Waals surface area (Å²) in [6, 6.07) is 13.4. The van der Waals surface area contributed by atoms with Gasteiger partial charge in [0.2, 0.25) is 0 Å². The van der Waals surface area contributed by atoms with Crippen molar-refractivity contribution in [2.45, 2.75) is 6.92 Å². The highest BCUT2D eigenvalue weighted by Gasteiger charge is 2.12. The van der Waals surface area contributed by atoms with Crippen LogP contribution in [0.4, 0.5) is 11.4 Å². The smallest absolute Gasteiger partial charge is 0.265 e. The number of carbonyl (C=O) groups is 1. The third-order valence-corrected chi connectivity index (χ3v) is 4.91. The highest BCUT2D eigenvalue weighted by molar-refractivity contribution is 9.10. The fraction of sp³-hybridized carbons (Fsp3) is 0.0625. The van der Waals surface area contributed by atoms with Gasteiger partial charge < -0.3 is 11.1 Å². The maximum absolute atomic E-state index is 12.4. The maximum Gasteiger partial charge on any atom is 0.265 e. The lowest BCUT2D eigenvalue weighted by molar-refractivity contribution is 0.103. The fourth-order valence-electron chi connectivity index (χ4n) is 2.08. The van der Waals surface area contributed by atoms with E-state index in [4.69, 9.17) is 5.73 Å². The molecule has 0 aliphatic heterocycles. The second kappa shape index (κ2) is 5.50. The van der Waals surface area contributed by atoms with Gasteiger partial charge >= 0.3 is 0 Å². The predicted molar refractivity (Wildman–Crippen MR) is 93.1 cm³/mol. The van der Waals surface area contributed by atoms with Gasteiger partial charge in [-0.05, 0) is 70.2 Å². The number of nitrogens with two attached hydrogens (primary N) is 1. The topological polar surface area (TPSA) is 55.1 Å². The molecule has 0 atom stereocenters. The van der Waals surface area contributed by atoms with E-state index >= 15 is 0 Å². The quantitative estimate of drug-likeness (QED) is 0.644. The summed E-state index contributed by atoms with van der Waals surface area (Å²) in [5.74, 6) is -0.112. The van der Waals surface area contributed by atoms with E-state index in [0.717, 1.165) is 25.8 Å². The van der Waals surface area contributed by atoms with Crippen LogP contribution in [0.1, 0.15) is 15.2 Å². The van der Waals surface area contributed by atoms with E-state index in [1.54, 1.807) is 0 Å². The van der Waals surface area contributed by atoms with Gasteiger partial charge in [-0.15, -0.1) is 11.3 Å². The number of nitrogens with one attached hydrogen (secondary N) is 1. The molecule has 3 N–H and O–H groups in total. The summed E-state index contributed by atoms with van der Waals surface area (Å²) in [7, 11) is 0. The van der Waals surface area contributed by atoms with Crippen molar-refractivity contribution in [3.8, 4) is 0 Å². The van der Waals surface area contributed by atoms with Crippen molar-refractivity contribution in [3.63, 3.8) is 0 Å². The molecule has 0 saturated heterocycles. The Bertz CT molecular complexity index is 841. The zero-order valence-electron chi connectivity index (χ0n) is 11.3. The van der Waals surface area contributed by atoms with Crippen LogP contribution in [0, 0.1) is 6.92 Å². The second-order valence-corrected chi connectivity index (χ2v) is 6.78. The molecular weight excluding hydrogens is 348 g/mol. The van der Waals surface area contributed by atoms with E-state index < -0.39 is 0 Å². The molecule has 0 spiro atoms. The molecule has 5 heteroatoms. The van der Waals surface area contributed by atoms with Gasteiger partial charge in [0, 0.05) is 14.9 Å². The van der Waals surface area contributed by atoms with E-state index in [2.05, 4.69) is 21.2 Å². The van der Waals surface area contributed by atoms with Crippen molar-refractivity contribution >= 4 is 54.6 Å². The van der Waals surface area contributed by atoms with Crippen molar-refractivity contribution in [1.82, 2.24) is 0 Å². The molecule has 0 fully saturated rings. The van der Waals surface area contributed by atoms with Crippen LogP contribution in [-0.2, 0) is 0 Å². The van der Waals surface area contributed by atoms with E-state index in [1.165, 1.54) is 11.3 Å². The molecule has 0 saturated carbocycles. The number of rotatable bonds is 2. The molecule has 3 aromatic rings. The lowest BCUT2D eigenvalue weighted by atomic mass is 10.2. The Labute approximate surface area is 134 Å². The fourth-order valence-corrected chi connectivity index (χ4v) is 3.61. The first-order valence-corrected chi connectivity index (χ1v) is 8.00. The van der Waals surface area contributed by atoms with Gasteiger partial charge in [0.05, 0.1) is 10.6 Å². The summed E-state index contributed by atoms with van der Waals surface area (Å²) in [5.41, 5.74) is 8.37. The number of hydrogen-bond acceptors (Lipinski definition) is 3. The Kier molecular flexibility index (Phi) is 3.69. The first-order chi connectivity index (χ1) is 10.0. The average molecular weight is 361 g/mol. The highest BCUT2D eigenvalue weighted by atomic mass is 79.9. The lowest BCUT2D eigenvalue weighted by Gasteiger charge is -2.06. The molecular formula is C16H13BrN2OS. The van der Waals surface area contributed by atoms with Gasteiger partial charge in [-0.1, -0.05) is 6.07 Å². The molecule has 1 amide bonds. The molecule has 0 aliphatic carbocycles. The molecule has 0 bridgehead atoms. The molecule has 1 aromatic heterocycles. The Morgan fingerprint density at radius 2 is 2.00 bits per heavy atom. The van der Waals surface area contributed by atoms with Crippen molar-refractivity contribution in [2.75, 3.05) is 11.1 Å². The van der Waals surface area contributed by atoms with Crippen molar-refractivity contribution in [2.24, 2.45) is 0 Å². The summed E-state index contributed by atoms with van der Waals surface area (Å²) in [4.78, 5) is 13.0. The van der Waals surface area contributed by atoms with Crippen molar-refractivity contribution in [1.29, 1.82) is 0 Å². The van der Waals surface area contributed by atoms with Crippen LogP contribution in [0.3, 0.4) is 0 Å². The molecule has 106 valence electrons. The summed E-state index contributed by atoms with van der Waals surface area (Å²) in [5, 5.41) is 3.92. The predicted octanol–water partition coefficient (Wildman–Crippen LogP) is 4.81. The van der Waals surface area contributed by atoms with Crippen molar-refractivity contribution in [3.05, 3.63) is 57.4 Å². The number of fused-ring (bicyclic) bond motifs is 1. The van der Waals surface area contributed by atoms with Crippen molar-refractivity contribution < 1.29 is 4.79 Å². The van der Waals surface area contributed by atoms with E-state index in [9.17, 15) is 4.79 Å². The van der Waals surface area contributed by atoms with Crippen LogP contribution in [0.25, 0.3) is 10.1 Å². The van der Waals surface area contributed by atoms with Crippen LogP contribution in [0.15, 0.2) is 46.9 Å². The minimum Gasteiger partial charge on any atom is -0.399 e. The number of aryl methyl sites for hydroxylation is 1. The van der Waals surface area contributed by atoms with Crippen LogP contribution < -0.4 is 11.1 Å². The van der Waals surface area contributed by atoms with E-state index in [0.29, 0.717) is 10.6 Å². The number of benzene rings is 2. The second-order valence-electron chi connectivity index (χ2n) is 4.85. The average Bonchev–Trinajstić information content (AvgIpc) is 2.85. The molecule has 3 nitrogen and oxygen atoms in total. The molecule has 1 heterocycles. The summed E-state index contributed by atoms with van der Waals surface area (Å²) >= 11 is 4.92. The standard InChI is InChI=1S/C16H13BrN2OS/c1-9-2-4-13(12(17)6-9)19-16(20)15-8-10-7-11(18)3-5-14(10)21-15/h2-8H,18H2,1H3,(H,19,20). The van der Waals surface area contributed by atoms with E-state index in [1.807, 2.05) is 49.4 Å². The maximum atomic E-state index is 12.4. The van der Waals surface area contributed by atoms with Gasteiger partial charge in [0.25, 0.3) is 5.91 Å².